The molecule has 0 bridgehead atoms. The summed E-state index contributed by atoms with van der Waals surface area (Å²) in [6.07, 6.45) is 0. The highest BCUT2D eigenvalue weighted by molar-refractivity contribution is 14.1. The summed E-state index contributed by atoms with van der Waals surface area (Å²) in [5, 5.41) is 2.45. The van der Waals surface area contributed by atoms with Gasteiger partial charge in [-0.2, -0.15) is 0 Å². The Balaban J connectivity index is 2.23. The zero-order valence-electron chi connectivity index (χ0n) is 8.61. The zero-order chi connectivity index (χ0) is 11.8. The van der Waals surface area contributed by atoms with Gasteiger partial charge in [0, 0.05) is 0 Å². The van der Waals surface area contributed by atoms with Gasteiger partial charge in [0.05, 0.1) is 4.43 Å². The number of alkyl halides is 1. The second-order valence-corrected chi connectivity index (χ2v) is 3.82. The smallest absolute Gasteiger partial charge is 0.325 e. The molecule has 0 spiro atoms. The Labute approximate surface area is 108 Å². The van der Waals surface area contributed by atoms with Gasteiger partial charge < -0.3 is 10.1 Å². The molecule has 1 aromatic rings. The van der Waals surface area contributed by atoms with Crippen LogP contribution in [0.1, 0.15) is 5.56 Å². The molecule has 0 aromatic heterocycles. The lowest BCUT2D eigenvalue weighted by Crippen LogP contribution is -2.31. The van der Waals surface area contributed by atoms with E-state index in [-0.39, 0.29) is 19.1 Å². The fourth-order valence-corrected chi connectivity index (χ4v) is 1.28. The van der Waals surface area contributed by atoms with Crippen molar-refractivity contribution in [2.24, 2.45) is 0 Å². The van der Waals surface area contributed by atoms with E-state index in [9.17, 15) is 9.59 Å². The maximum absolute atomic E-state index is 11.2. The molecule has 0 unspecified atom stereocenters. The van der Waals surface area contributed by atoms with Crippen LogP contribution in [0.3, 0.4) is 0 Å². The van der Waals surface area contributed by atoms with E-state index in [4.69, 9.17) is 4.74 Å². The molecular formula is C11H12INO3. The number of hydrogen-bond donors (Lipinski definition) is 1. The molecule has 0 heterocycles. The summed E-state index contributed by atoms with van der Waals surface area (Å²) in [7, 11) is 0. The first-order chi connectivity index (χ1) is 7.72. The van der Waals surface area contributed by atoms with Gasteiger partial charge in [-0.15, -0.1) is 0 Å². The van der Waals surface area contributed by atoms with Gasteiger partial charge in [0.25, 0.3) is 0 Å². The minimum Gasteiger partial charge on any atom is -0.460 e. The molecule has 0 aliphatic heterocycles. The van der Waals surface area contributed by atoms with E-state index in [2.05, 4.69) is 5.32 Å². The Kier molecular flexibility index (Phi) is 5.84. The van der Waals surface area contributed by atoms with Crippen molar-refractivity contribution in [2.45, 2.75) is 6.61 Å². The maximum atomic E-state index is 11.2. The van der Waals surface area contributed by atoms with Crippen molar-refractivity contribution in [3.05, 3.63) is 35.9 Å². The molecule has 1 N–H and O–H groups in total. The highest BCUT2D eigenvalue weighted by atomic mass is 127. The number of carbonyl (C=O) groups is 2. The molecule has 16 heavy (non-hydrogen) atoms. The van der Waals surface area contributed by atoms with Crippen LogP contribution in [0.2, 0.25) is 0 Å². The fraction of sp³-hybridized carbons (Fsp3) is 0.273. The molecule has 86 valence electrons. The van der Waals surface area contributed by atoms with Crippen LogP contribution in [0, 0.1) is 0 Å². The number of rotatable bonds is 5. The molecular weight excluding hydrogens is 321 g/mol. The maximum Gasteiger partial charge on any atom is 0.325 e. The third-order valence-corrected chi connectivity index (χ3v) is 2.49. The average molecular weight is 333 g/mol. The first-order valence-electron chi connectivity index (χ1n) is 4.74. The first-order valence-corrected chi connectivity index (χ1v) is 6.27. The van der Waals surface area contributed by atoms with Crippen molar-refractivity contribution in [3.8, 4) is 0 Å². The SMILES string of the molecule is O=C(CI)NCC(=O)OCc1ccccc1. The molecule has 0 aliphatic rings. The number of hydrogen-bond acceptors (Lipinski definition) is 3. The summed E-state index contributed by atoms with van der Waals surface area (Å²) in [5.41, 5.74) is 0.927. The Morgan fingerprint density at radius 3 is 2.56 bits per heavy atom. The quantitative estimate of drug-likeness (QED) is 0.502. The highest BCUT2D eigenvalue weighted by Gasteiger charge is 2.05. The number of amides is 1. The average Bonchev–Trinajstić information content (AvgIpc) is 2.34. The lowest BCUT2D eigenvalue weighted by Gasteiger charge is -2.05. The summed E-state index contributed by atoms with van der Waals surface area (Å²) < 4.78 is 5.30. The largest absolute Gasteiger partial charge is 0.460 e. The number of carbonyl (C=O) groups excluding carboxylic acids is 2. The molecule has 0 saturated heterocycles. The number of ether oxygens (including phenoxy) is 1. The Bertz CT molecular complexity index is 354. The standard InChI is InChI=1S/C11H12INO3/c12-6-10(14)13-7-11(15)16-8-9-4-2-1-3-5-9/h1-5H,6-8H2,(H,13,14). The van der Waals surface area contributed by atoms with Gasteiger partial charge in [-0.05, 0) is 5.56 Å². The van der Waals surface area contributed by atoms with Crippen LogP contribution in [0.25, 0.3) is 0 Å². The van der Waals surface area contributed by atoms with Gasteiger partial charge in [0.1, 0.15) is 13.2 Å². The second-order valence-electron chi connectivity index (χ2n) is 3.06. The molecule has 1 aromatic carbocycles. The van der Waals surface area contributed by atoms with E-state index in [1.807, 2.05) is 52.9 Å². The normalized spacial score (nSPS) is 9.56. The lowest BCUT2D eigenvalue weighted by atomic mass is 10.2. The van der Waals surface area contributed by atoms with Crippen molar-refractivity contribution >= 4 is 34.5 Å². The van der Waals surface area contributed by atoms with Crippen LogP contribution in [0.5, 0.6) is 0 Å². The highest BCUT2D eigenvalue weighted by Crippen LogP contribution is 2.00. The minimum absolute atomic E-state index is 0.0747. The molecule has 1 rings (SSSR count). The van der Waals surface area contributed by atoms with Gasteiger partial charge in [0.15, 0.2) is 0 Å². The van der Waals surface area contributed by atoms with Crippen molar-refractivity contribution in [1.82, 2.24) is 5.32 Å². The van der Waals surface area contributed by atoms with E-state index in [1.165, 1.54) is 0 Å². The first kappa shape index (κ1) is 13.0. The van der Waals surface area contributed by atoms with Gasteiger partial charge in [0.2, 0.25) is 5.91 Å². The van der Waals surface area contributed by atoms with Crippen LogP contribution in [0.4, 0.5) is 0 Å². The van der Waals surface area contributed by atoms with Crippen molar-refractivity contribution in [2.75, 3.05) is 11.0 Å². The van der Waals surface area contributed by atoms with Gasteiger partial charge in [-0.1, -0.05) is 52.9 Å². The van der Waals surface area contributed by atoms with Crippen molar-refractivity contribution in [1.29, 1.82) is 0 Å². The van der Waals surface area contributed by atoms with Crippen LogP contribution in [0.15, 0.2) is 30.3 Å². The van der Waals surface area contributed by atoms with E-state index in [0.717, 1.165) is 5.56 Å². The summed E-state index contributed by atoms with van der Waals surface area (Å²) in [6, 6.07) is 9.39. The van der Waals surface area contributed by atoms with E-state index in [1.54, 1.807) is 0 Å². The summed E-state index contributed by atoms with van der Waals surface area (Å²) in [4.78, 5) is 22.1. The summed E-state index contributed by atoms with van der Waals surface area (Å²) in [5.74, 6) is -0.598. The molecule has 0 aliphatic carbocycles. The topological polar surface area (TPSA) is 55.4 Å². The van der Waals surface area contributed by atoms with Crippen molar-refractivity contribution in [3.63, 3.8) is 0 Å². The van der Waals surface area contributed by atoms with Crippen LogP contribution >= 0.6 is 22.6 Å². The van der Waals surface area contributed by atoms with Crippen LogP contribution < -0.4 is 5.32 Å². The van der Waals surface area contributed by atoms with Gasteiger partial charge in [-0.3, -0.25) is 9.59 Å². The Morgan fingerprint density at radius 2 is 1.94 bits per heavy atom. The van der Waals surface area contributed by atoms with Crippen LogP contribution in [-0.4, -0.2) is 22.8 Å². The Morgan fingerprint density at radius 1 is 1.25 bits per heavy atom. The Hall–Kier alpha value is -1.11. The third-order valence-electron chi connectivity index (χ3n) is 1.79. The predicted molar refractivity (Wildman–Crippen MR) is 68.1 cm³/mol. The van der Waals surface area contributed by atoms with Gasteiger partial charge in [-0.25, -0.2) is 0 Å². The van der Waals surface area contributed by atoms with Crippen molar-refractivity contribution < 1.29 is 14.3 Å². The van der Waals surface area contributed by atoms with E-state index < -0.39 is 5.97 Å². The predicted octanol–water partition coefficient (Wildman–Crippen LogP) is 1.28. The van der Waals surface area contributed by atoms with Crippen LogP contribution in [-0.2, 0) is 20.9 Å². The molecule has 1 amide bonds. The molecule has 0 fully saturated rings. The number of nitrogens with one attached hydrogen (secondary N) is 1. The molecule has 0 saturated carbocycles. The van der Waals surface area contributed by atoms with E-state index >= 15 is 0 Å². The minimum atomic E-state index is -0.429. The number of halogens is 1. The molecule has 0 atom stereocenters. The zero-order valence-corrected chi connectivity index (χ0v) is 10.8. The fourth-order valence-electron chi connectivity index (χ4n) is 1.01. The molecule has 0 radical (unpaired) electrons. The summed E-state index contributed by atoms with van der Waals surface area (Å²) in [6.45, 7) is 0.161. The third kappa shape index (κ3) is 5.11. The summed E-state index contributed by atoms with van der Waals surface area (Å²) >= 11 is 1.93. The monoisotopic (exact) mass is 333 g/mol. The number of esters is 1. The number of benzene rings is 1. The molecule has 4 nitrogen and oxygen atoms in total. The lowest BCUT2D eigenvalue weighted by molar-refractivity contribution is -0.144. The van der Waals surface area contributed by atoms with E-state index in [0.29, 0.717) is 4.43 Å². The van der Waals surface area contributed by atoms with Gasteiger partial charge >= 0.3 is 5.97 Å². The molecule has 5 heteroatoms. The second kappa shape index (κ2) is 7.21.